The van der Waals surface area contributed by atoms with E-state index in [-0.39, 0.29) is 28.6 Å². The van der Waals surface area contributed by atoms with E-state index in [1.807, 2.05) is 6.92 Å². The standard InChI is InChI=1S/C28H47F3O2/c1-18(9-14-27(6,33)28(29,30)31)20-7-8-21-19-10-12-23(2)17-24(3,32)15-16-26(23,5)22(19)11-13-25(20,21)4/h18-22,32-33H,7-17H2,1-6H3/t18-,19?,20-,21+,22+,23-,24+,25-,26-,27+/m1/s1. The lowest BCUT2D eigenvalue weighted by Gasteiger charge is -2.66. The lowest BCUT2D eigenvalue weighted by atomic mass is 9.39. The van der Waals surface area contributed by atoms with E-state index in [4.69, 9.17) is 0 Å². The molecule has 0 aromatic carbocycles. The Morgan fingerprint density at radius 3 is 2.21 bits per heavy atom. The first kappa shape index (κ1) is 25.8. The first-order valence-corrected chi connectivity index (χ1v) is 13.5. The number of hydrogen-bond donors (Lipinski definition) is 2. The molecule has 0 bridgehead atoms. The highest BCUT2D eigenvalue weighted by atomic mass is 19.4. The fourth-order valence-corrected chi connectivity index (χ4v) is 9.76. The molecule has 0 aliphatic heterocycles. The van der Waals surface area contributed by atoms with E-state index >= 15 is 0 Å². The summed E-state index contributed by atoms with van der Waals surface area (Å²) in [5.74, 6) is 2.71. The lowest BCUT2D eigenvalue weighted by Crippen LogP contribution is -2.60. The van der Waals surface area contributed by atoms with E-state index in [1.54, 1.807) is 0 Å². The summed E-state index contributed by atoms with van der Waals surface area (Å²) in [5, 5.41) is 20.8. The predicted octanol–water partition coefficient (Wildman–Crippen LogP) is 7.52. The summed E-state index contributed by atoms with van der Waals surface area (Å²) in [6, 6.07) is 0. The normalized spacial score (nSPS) is 50.6. The molecular weight excluding hydrogens is 425 g/mol. The highest BCUT2D eigenvalue weighted by molar-refractivity contribution is 5.14. The average Bonchev–Trinajstić information content (AvgIpc) is 3.03. The molecule has 192 valence electrons. The molecule has 0 aromatic heterocycles. The Hall–Kier alpha value is -0.290. The van der Waals surface area contributed by atoms with E-state index in [0.29, 0.717) is 30.1 Å². The van der Waals surface area contributed by atoms with Crippen molar-refractivity contribution in [2.45, 2.75) is 130 Å². The van der Waals surface area contributed by atoms with Gasteiger partial charge in [-0.25, -0.2) is 0 Å². The predicted molar refractivity (Wildman–Crippen MR) is 126 cm³/mol. The molecule has 1 unspecified atom stereocenters. The van der Waals surface area contributed by atoms with Gasteiger partial charge in [-0.3, -0.25) is 0 Å². The van der Waals surface area contributed by atoms with Gasteiger partial charge in [0.1, 0.15) is 0 Å². The summed E-state index contributed by atoms with van der Waals surface area (Å²) in [6.07, 6.45) is 5.67. The van der Waals surface area contributed by atoms with Crippen LogP contribution in [-0.4, -0.2) is 27.6 Å². The number of aliphatic hydroxyl groups is 2. The fourth-order valence-electron chi connectivity index (χ4n) is 9.76. The molecule has 4 fully saturated rings. The lowest BCUT2D eigenvalue weighted by molar-refractivity contribution is -0.256. The molecule has 2 N–H and O–H groups in total. The van der Waals surface area contributed by atoms with Gasteiger partial charge in [-0.15, -0.1) is 0 Å². The van der Waals surface area contributed by atoms with Crippen LogP contribution in [0.2, 0.25) is 0 Å². The second kappa shape index (κ2) is 7.85. The molecule has 10 atom stereocenters. The van der Waals surface area contributed by atoms with Gasteiger partial charge in [-0.2, -0.15) is 13.2 Å². The fraction of sp³-hybridized carbons (Fsp3) is 1.00. The van der Waals surface area contributed by atoms with Crippen molar-refractivity contribution >= 4 is 0 Å². The maximum absolute atomic E-state index is 13.2. The molecule has 33 heavy (non-hydrogen) atoms. The molecule has 4 aliphatic rings. The van der Waals surface area contributed by atoms with Gasteiger partial charge in [0.2, 0.25) is 0 Å². The van der Waals surface area contributed by atoms with Crippen molar-refractivity contribution in [2.75, 3.05) is 0 Å². The summed E-state index contributed by atoms with van der Waals surface area (Å²) >= 11 is 0. The second-order valence-corrected chi connectivity index (χ2v) is 14.1. The smallest absolute Gasteiger partial charge is 0.390 e. The van der Waals surface area contributed by atoms with Crippen molar-refractivity contribution in [3.8, 4) is 0 Å². The quantitative estimate of drug-likeness (QED) is 0.444. The minimum absolute atomic E-state index is 0.193. The van der Waals surface area contributed by atoms with Gasteiger partial charge in [0.05, 0.1) is 5.60 Å². The number of hydrogen-bond acceptors (Lipinski definition) is 2. The van der Waals surface area contributed by atoms with E-state index < -0.39 is 17.4 Å². The van der Waals surface area contributed by atoms with Crippen LogP contribution >= 0.6 is 0 Å². The summed E-state index contributed by atoms with van der Waals surface area (Å²) in [7, 11) is 0. The van der Waals surface area contributed by atoms with Crippen LogP contribution in [0.25, 0.3) is 0 Å². The largest absolute Gasteiger partial charge is 0.416 e. The van der Waals surface area contributed by atoms with Crippen LogP contribution in [-0.2, 0) is 0 Å². The SMILES string of the molecule is C[C@H](CC[C@](C)(O)C(F)(F)F)[C@H]1CC[C@H]2C3CC[C@]4(C)C[C@@](C)(O)CC[C@]4(C)[C@H]3CC[C@]12C. The van der Waals surface area contributed by atoms with Gasteiger partial charge in [0.25, 0.3) is 0 Å². The molecule has 0 heterocycles. The Bertz CT molecular complexity index is 746. The Morgan fingerprint density at radius 1 is 0.909 bits per heavy atom. The van der Waals surface area contributed by atoms with Gasteiger partial charge in [0, 0.05) is 0 Å². The van der Waals surface area contributed by atoms with Crippen molar-refractivity contribution in [1.82, 2.24) is 0 Å². The third-order valence-corrected chi connectivity index (χ3v) is 12.1. The molecule has 0 spiro atoms. The molecule has 5 heteroatoms. The minimum Gasteiger partial charge on any atom is -0.390 e. The van der Waals surface area contributed by atoms with Gasteiger partial charge in [-0.05, 0) is 130 Å². The Morgan fingerprint density at radius 2 is 1.58 bits per heavy atom. The highest BCUT2D eigenvalue weighted by Gasteiger charge is 2.64. The molecule has 0 amide bonds. The van der Waals surface area contributed by atoms with Gasteiger partial charge >= 0.3 is 6.18 Å². The van der Waals surface area contributed by atoms with Crippen molar-refractivity contribution in [3.05, 3.63) is 0 Å². The average molecular weight is 473 g/mol. The Labute approximate surface area is 199 Å². The number of alkyl halides is 3. The van der Waals surface area contributed by atoms with Crippen LogP contribution in [0.1, 0.15) is 112 Å². The third kappa shape index (κ3) is 3.99. The molecule has 0 radical (unpaired) electrons. The van der Waals surface area contributed by atoms with E-state index in [0.717, 1.165) is 32.6 Å². The topological polar surface area (TPSA) is 40.5 Å². The van der Waals surface area contributed by atoms with Crippen molar-refractivity contribution in [1.29, 1.82) is 0 Å². The zero-order valence-electron chi connectivity index (χ0n) is 21.7. The Kier molecular flexibility index (Phi) is 6.14. The molecule has 4 saturated carbocycles. The van der Waals surface area contributed by atoms with Crippen LogP contribution in [0.15, 0.2) is 0 Å². The van der Waals surface area contributed by atoms with Crippen LogP contribution in [0.4, 0.5) is 13.2 Å². The highest BCUT2D eigenvalue weighted by Crippen LogP contribution is 2.72. The van der Waals surface area contributed by atoms with Crippen LogP contribution in [0.3, 0.4) is 0 Å². The van der Waals surface area contributed by atoms with Gasteiger partial charge in [0.15, 0.2) is 5.60 Å². The number of fused-ring (bicyclic) bond motifs is 5. The van der Waals surface area contributed by atoms with E-state index in [2.05, 4.69) is 27.7 Å². The minimum atomic E-state index is -4.57. The van der Waals surface area contributed by atoms with Gasteiger partial charge in [-0.1, -0.05) is 27.7 Å². The van der Waals surface area contributed by atoms with Crippen molar-refractivity contribution < 1.29 is 23.4 Å². The van der Waals surface area contributed by atoms with Crippen molar-refractivity contribution in [3.63, 3.8) is 0 Å². The first-order valence-electron chi connectivity index (χ1n) is 13.5. The molecule has 0 saturated heterocycles. The summed E-state index contributed by atoms with van der Waals surface area (Å²) in [5.41, 5.74) is -2.47. The zero-order chi connectivity index (χ0) is 24.7. The molecular formula is C28H47F3O2. The summed E-state index contributed by atoms with van der Waals surface area (Å²) in [6.45, 7) is 12.4. The maximum Gasteiger partial charge on any atom is 0.416 e. The Balaban J connectivity index is 1.49. The van der Waals surface area contributed by atoms with E-state index in [9.17, 15) is 23.4 Å². The number of halogens is 3. The van der Waals surface area contributed by atoms with E-state index in [1.165, 1.54) is 32.1 Å². The van der Waals surface area contributed by atoms with Crippen LogP contribution in [0.5, 0.6) is 0 Å². The molecule has 4 rings (SSSR count). The maximum atomic E-state index is 13.2. The zero-order valence-corrected chi connectivity index (χ0v) is 21.7. The monoisotopic (exact) mass is 472 g/mol. The molecule has 4 aliphatic carbocycles. The second-order valence-electron chi connectivity index (χ2n) is 14.1. The first-order chi connectivity index (χ1) is 15.0. The van der Waals surface area contributed by atoms with Crippen LogP contribution < -0.4 is 0 Å². The molecule has 0 aromatic rings. The molecule has 2 nitrogen and oxygen atoms in total. The summed E-state index contributed by atoms with van der Waals surface area (Å²) < 4.78 is 39.5. The number of rotatable bonds is 4. The summed E-state index contributed by atoms with van der Waals surface area (Å²) in [4.78, 5) is 0. The van der Waals surface area contributed by atoms with Crippen molar-refractivity contribution in [2.24, 2.45) is 45.8 Å². The van der Waals surface area contributed by atoms with Gasteiger partial charge < -0.3 is 10.2 Å². The third-order valence-electron chi connectivity index (χ3n) is 12.1. The van der Waals surface area contributed by atoms with Crippen LogP contribution in [0, 0.1) is 45.8 Å².